The van der Waals surface area contributed by atoms with Crippen molar-refractivity contribution < 1.29 is 4.42 Å². The molecule has 0 amide bonds. The lowest BCUT2D eigenvalue weighted by atomic mass is 10.3. The predicted molar refractivity (Wildman–Crippen MR) is 108 cm³/mol. The minimum Gasteiger partial charge on any atom is -0.447 e. The second-order valence-corrected chi connectivity index (χ2v) is 8.16. The van der Waals surface area contributed by atoms with Crippen LogP contribution in [0.5, 0.6) is 0 Å². The number of hydrogen-bond acceptors (Lipinski definition) is 3. The van der Waals surface area contributed by atoms with Crippen molar-refractivity contribution in [2.24, 2.45) is 4.99 Å². The molecular weight excluding hydrogens is 509 g/mol. The van der Waals surface area contributed by atoms with Gasteiger partial charge in [0, 0.05) is 19.6 Å². The Balaban J connectivity index is 1.75. The van der Waals surface area contributed by atoms with Crippen molar-refractivity contribution in [2.75, 3.05) is 0 Å². The third-order valence-corrected chi connectivity index (χ3v) is 5.69. The highest BCUT2D eigenvalue weighted by Crippen LogP contribution is 2.36. The summed E-state index contributed by atoms with van der Waals surface area (Å²) in [5.41, 5.74) is 0.893. The summed E-state index contributed by atoms with van der Waals surface area (Å²) in [7, 11) is 0. The molecule has 0 bridgehead atoms. The van der Waals surface area contributed by atoms with Crippen LogP contribution in [-0.4, -0.2) is 6.21 Å². The fourth-order valence-electron chi connectivity index (χ4n) is 1.78. The van der Waals surface area contributed by atoms with Crippen LogP contribution in [0.2, 0.25) is 5.02 Å². The van der Waals surface area contributed by atoms with Gasteiger partial charge in [0.2, 0.25) is 0 Å². The number of nitrogens with zero attached hydrogens (tertiary/aromatic N) is 1. The van der Waals surface area contributed by atoms with E-state index in [1.54, 1.807) is 6.21 Å². The molecule has 0 fully saturated rings. The van der Waals surface area contributed by atoms with E-state index in [0.29, 0.717) is 5.76 Å². The molecular formula is C17H10BrClINOS. The summed E-state index contributed by atoms with van der Waals surface area (Å²) in [6.45, 7) is 0. The van der Waals surface area contributed by atoms with Crippen LogP contribution in [0, 0.1) is 3.57 Å². The van der Waals surface area contributed by atoms with E-state index >= 15 is 0 Å². The van der Waals surface area contributed by atoms with E-state index in [9.17, 15) is 0 Å². The highest BCUT2D eigenvalue weighted by atomic mass is 127. The Labute approximate surface area is 165 Å². The van der Waals surface area contributed by atoms with E-state index in [2.05, 4.69) is 43.5 Å². The molecule has 2 nitrogen and oxygen atoms in total. The molecule has 0 saturated carbocycles. The Hall–Kier alpha value is -0.760. The van der Waals surface area contributed by atoms with E-state index in [1.807, 2.05) is 54.6 Å². The highest BCUT2D eigenvalue weighted by Gasteiger charge is 2.09. The Kier molecular flexibility index (Phi) is 5.85. The van der Waals surface area contributed by atoms with Gasteiger partial charge in [-0.1, -0.05) is 23.4 Å². The lowest BCUT2D eigenvalue weighted by Gasteiger charge is -1.98. The zero-order valence-corrected chi connectivity index (χ0v) is 17.0. The fourth-order valence-corrected chi connectivity index (χ4v) is 3.59. The van der Waals surface area contributed by atoms with Gasteiger partial charge in [-0.05, 0) is 87.1 Å². The highest BCUT2D eigenvalue weighted by molar-refractivity contribution is 14.1. The molecule has 2 aromatic carbocycles. The minimum atomic E-state index is 0.701. The van der Waals surface area contributed by atoms with Gasteiger partial charge >= 0.3 is 0 Å². The second-order valence-electron chi connectivity index (χ2n) is 4.57. The quantitative estimate of drug-likeness (QED) is 0.270. The molecule has 1 heterocycles. The van der Waals surface area contributed by atoms with Gasteiger partial charge in [0.25, 0.3) is 0 Å². The van der Waals surface area contributed by atoms with Crippen LogP contribution >= 0.6 is 61.9 Å². The van der Waals surface area contributed by atoms with Gasteiger partial charge in [0.15, 0.2) is 5.09 Å². The first kappa shape index (κ1) is 17.1. The number of halogens is 3. The van der Waals surface area contributed by atoms with Gasteiger partial charge in [-0.15, -0.1) is 0 Å². The summed E-state index contributed by atoms with van der Waals surface area (Å²) in [6, 6.07) is 17.5. The van der Waals surface area contributed by atoms with Crippen molar-refractivity contribution >= 4 is 73.8 Å². The summed E-state index contributed by atoms with van der Waals surface area (Å²) in [5.74, 6) is 0.701. The molecule has 0 radical (unpaired) electrons. The van der Waals surface area contributed by atoms with Crippen molar-refractivity contribution in [3.8, 4) is 0 Å². The fraction of sp³-hybridized carbons (Fsp3) is 0. The van der Waals surface area contributed by atoms with Crippen molar-refractivity contribution in [1.29, 1.82) is 0 Å². The summed E-state index contributed by atoms with van der Waals surface area (Å²) in [6.07, 6.45) is 1.72. The topological polar surface area (TPSA) is 25.5 Å². The molecule has 0 atom stereocenters. The third-order valence-electron chi connectivity index (χ3n) is 2.87. The first-order chi connectivity index (χ1) is 11.1. The SMILES string of the molecule is Clc1ccc(Sc2oc(C=Nc3ccc(I)cc3)cc2Br)cc1. The zero-order valence-electron chi connectivity index (χ0n) is 11.7. The number of hydrogen-bond donors (Lipinski definition) is 0. The molecule has 23 heavy (non-hydrogen) atoms. The average molecular weight is 519 g/mol. The van der Waals surface area contributed by atoms with Crippen LogP contribution in [0.1, 0.15) is 5.76 Å². The molecule has 0 aliphatic rings. The van der Waals surface area contributed by atoms with Crippen molar-refractivity contribution in [2.45, 2.75) is 9.99 Å². The molecule has 3 rings (SSSR count). The van der Waals surface area contributed by atoms with E-state index in [-0.39, 0.29) is 0 Å². The van der Waals surface area contributed by atoms with Crippen molar-refractivity contribution in [3.05, 3.63) is 73.4 Å². The van der Waals surface area contributed by atoms with Crippen molar-refractivity contribution in [1.82, 2.24) is 0 Å². The van der Waals surface area contributed by atoms with Gasteiger partial charge in [0.1, 0.15) is 5.76 Å². The molecule has 0 saturated heterocycles. The van der Waals surface area contributed by atoms with E-state index < -0.39 is 0 Å². The Morgan fingerprint density at radius 3 is 2.48 bits per heavy atom. The smallest absolute Gasteiger partial charge is 0.179 e. The van der Waals surface area contributed by atoms with Gasteiger partial charge in [-0.3, -0.25) is 4.99 Å². The van der Waals surface area contributed by atoms with Gasteiger partial charge in [0.05, 0.1) is 16.4 Å². The van der Waals surface area contributed by atoms with E-state index in [4.69, 9.17) is 16.0 Å². The summed E-state index contributed by atoms with van der Waals surface area (Å²) in [4.78, 5) is 5.48. The molecule has 0 unspecified atom stereocenters. The van der Waals surface area contributed by atoms with Crippen LogP contribution in [0.4, 0.5) is 5.69 Å². The number of benzene rings is 2. The lowest BCUT2D eigenvalue weighted by Crippen LogP contribution is -1.75. The Morgan fingerprint density at radius 2 is 1.78 bits per heavy atom. The number of rotatable bonds is 4. The van der Waals surface area contributed by atoms with Crippen LogP contribution in [0.3, 0.4) is 0 Å². The average Bonchev–Trinajstić information content (AvgIpc) is 2.89. The first-order valence-corrected chi connectivity index (χ1v) is 9.69. The Morgan fingerprint density at radius 1 is 1.09 bits per heavy atom. The van der Waals surface area contributed by atoms with Gasteiger partial charge in [-0.25, -0.2) is 0 Å². The summed E-state index contributed by atoms with van der Waals surface area (Å²) in [5, 5.41) is 1.51. The van der Waals surface area contributed by atoms with Gasteiger partial charge in [-0.2, -0.15) is 0 Å². The van der Waals surface area contributed by atoms with E-state index in [0.717, 1.165) is 25.2 Å². The largest absolute Gasteiger partial charge is 0.447 e. The molecule has 0 spiro atoms. The third kappa shape index (κ3) is 4.86. The lowest BCUT2D eigenvalue weighted by molar-refractivity contribution is 0.466. The van der Waals surface area contributed by atoms with Crippen LogP contribution in [0.15, 0.2) is 78.5 Å². The standard InChI is InChI=1S/C17H10BrClINOS/c18-16-9-14(10-21-13-5-3-12(20)4-6-13)22-17(16)23-15-7-1-11(19)2-8-15/h1-10H. The maximum absolute atomic E-state index is 5.90. The van der Waals surface area contributed by atoms with Crippen LogP contribution in [0.25, 0.3) is 0 Å². The number of aliphatic imine (C=N–C) groups is 1. The summed E-state index contributed by atoms with van der Waals surface area (Å²) < 4.78 is 7.91. The Bertz CT molecular complexity index is 831. The van der Waals surface area contributed by atoms with Gasteiger partial charge < -0.3 is 4.42 Å². The predicted octanol–water partition coefficient (Wildman–Crippen LogP) is 7.20. The molecule has 0 N–H and O–H groups in total. The number of furan rings is 1. The summed E-state index contributed by atoms with van der Waals surface area (Å²) >= 11 is 13.2. The maximum atomic E-state index is 5.90. The molecule has 3 aromatic rings. The second kappa shape index (κ2) is 7.88. The first-order valence-electron chi connectivity index (χ1n) is 6.62. The normalized spacial score (nSPS) is 11.3. The van der Waals surface area contributed by atoms with Crippen molar-refractivity contribution in [3.63, 3.8) is 0 Å². The molecule has 1 aromatic heterocycles. The maximum Gasteiger partial charge on any atom is 0.179 e. The van der Waals surface area contributed by atoms with Crippen LogP contribution in [-0.2, 0) is 0 Å². The minimum absolute atomic E-state index is 0.701. The molecule has 0 aliphatic heterocycles. The molecule has 0 aliphatic carbocycles. The molecule has 6 heteroatoms. The zero-order chi connectivity index (χ0) is 16.2. The van der Waals surface area contributed by atoms with E-state index in [1.165, 1.54) is 15.3 Å². The molecule has 116 valence electrons. The van der Waals surface area contributed by atoms with Crippen LogP contribution < -0.4 is 0 Å². The monoisotopic (exact) mass is 517 g/mol.